The Kier molecular flexibility index (Phi) is 2.41. The van der Waals surface area contributed by atoms with Gasteiger partial charge in [0, 0.05) is 22.7 Å². The van der Waals surface area contributed by atoms with E-state index in [1.165, 1.54) is 6.20 Å². The maximum atomic E-state index is 10.4. The van der Waals surface area contributed by atoms with E-state index in [2.05, 4.69) is 15.0 Å². The first-order chi connectivity index (χ1) is 6.15. The second kappa shape index (κ2) is 3.51. The summed E-state index contributed by atoms with van der Waals surface area (Å²) in [5, 5.41) is 13.6. The lowest BCUT2D eigenvalue weighted by Crippen LogP contribution is -1.91. The van der Waals surface area contributed by atoms with Crippen LogP contribution in [0.1, 0.15) is 5.56 Å². The van der Waals surface area contributed by atoms with Crippen LogP contribution in [0.3, 0.4) is 0 Å². The highest BCUT2D eigenvalue weighted by molar-refractivity contribution is 5.45. The van der Waals surface area contributed by atoms with Gasteiger partial charge in [0.15, 0.2) is 0 Å². The van der Waals surface area contributed by atoms with Crippen LogP contribution in [0, 0.1) is 17.0 Å². The third-order valence-electron chi connectivity index (χ3n) is 1.40. The zero-order valence-corrected chi connectivity index (χ0v) is 6.71. The Labute approximate surface area is 72.8 Å². The summed E-state index contributed by atoms with van der Waals surface area (Å²) < 4.78 is 0. The number of hydrogen-bond donors (Lipinski definition) is 0. The van der Waals surface area contributed by atoms with Gasteiger partial charge in [-0.25, -0.2) is 0 Å². The first-order valence-electron chi connectivity index (χ1n) is 3.31. The van der Waals surface area contributed by atoms with Gasteiger partial charge >= 0.3 is 0 Å². The predicted molar refractivity (Wildman–Crippen MR) is 44.4 cm³/mol. The highest BCUT2D eigenvalue weighted by Gasteiger charge is 2.10. The summed E-state index contributed by atoms with van der Waals surface area (Å²) in [6, 6.07) is 1.13. The minimum atomic E-state index is -0.548. The first-order valence-corrected chi connectivity index (χ1v) is 3.31. The molecule has 0 amide bonds. The van der Waals surface area contributed by atoms with Gasteiger partial charge in [-0.2, -0.15) is 0 Å². The van der Waals surface area contributed by atoms with Crippen LogP contribution in [0.5, 0.6) is 0 Å². The lowest BCUT2D eigenvalue weighted by molar-refractivity contribution is -0.385. The summed E-state index contributed by atoms with van der Waals surface area (Å²) in [5.74, 6) is -0.000185. The molecular formula is C6H5N5O2. The second-order valence-electron chi connectivity index (χ2n) is 2.28. The number of nitro groups is 1. The highest BCUT2D eigenvalue weighted by atomic mass is 16.6. The summed E-state index contributed by atoms with van der Waals surface area (Å²) >= 11 is 0. The van der Waals surface area contributed by atoms with Crippen molar-refractivity contribution in [2.75, 3.05) is 0 Å². The van der Waals surface area contributed by atoms with Gasteiger partial charge in [-0.05, 0) is 17.6 Å². The van der Waals surface area contributed by atoms with Crippen molar-refractivity contribution in [1.82, 2.24) is 4.98 Å². The predicted octanol–water partition coefficient (Wildman–Crippen LogP) is 2.24. The molecule has 0 bridgehead atoms. The van der Waals surface area contributed by atoms with Gasteiger partial charge in [0.05, 0.1) is 4.92 Å². The van der Waals surface area contributed by atoms with Crippen LogP contribution in [-0.2, 0) is 0 Å². The number of aromatic nitrogens is 1. The highest BCUT2D eigenvalue weighted by Crippen LogP contribution is 2.21. The standard InChI is InChI=1S/C6H5N5O2/c1-4-3-8-6(9-10-7)2-5(4)11(12)13/h2-3H,1H3. The smallest absolute Gasteiger partial charge is 0.258 e. The minimum absolute atomic E-state index is 0.000185. The van der Waals surface area contributed by atoms with Crippen molar-refractivity contribution in [3.8, 4) is 0 Å². The van der Waals surface area contributed by atoms with Gasteiger partial charge in [-0.3, -0.25) is 15.1 Å². The van der Waals surface area contributed by atoms with E-state index in [9.17, 15) is 10.1 Å². The number of azide groups is 1. The summed E-state index contributed by atoms with van der Waals surface area (Å²) in [4.78, 5) is 16.0. The van der Waals surface area contributed by atoms with Crippen molar-refractivity contribution in [3.63, 3.8) is 0 Å². The topological polar surface area (TPSA) is 105 Å². The van der Waals surface area contributed by atoms with Crippen molar-refractivity contribution in [1.29, 1.82) is 0 Å². The fourth-order valence-electron chi connectivity index (χ4n) is 0.800. The van der Waals surface area contributed by atoms with E-state index < -0.39 is 4.92 Å². The molecule has 1 rings (SSSR count). The van der Waals surface area contributed by atoms with Crippen molar-refractivity contribution in [2.24, 2.45) is 5.11 Å². The molecule has 1 aromatic rings. The van der Waals surface area contributed by atoms with E-state index in [4.69, 9.17) is 5.53 Å². The molecule has 0 atom stereocenters. The van der Waals surface area contributed by atoms with E-state index in [0.717, 1.165) is 6.07 Å². The van der Waals surface area contributed by atoms with Crippen molar-refractivity contribution >= 4 is 11.5 Å². The quantitative estimate of drug-likeness (QED) is 0.228. The molecule has 13 heavy (non-hydrogen) atoms. The van der Waals surface area contributed by atoms with Gasteiger partial charge < -0.3 is 0 Å². The average Bonchev–Trinajstić information content (AvgIpc) is 2.08. The molecule has 0 saturated carbocycles. The molecule has 0 aliphatic carbocycles. The summed E-state index contributed by atoms with van der Waals surface area (Å²) in [6.07, 6.45) is 1.29. The minimum Gasteiger partial charge on any atom is -0.258 e. The van der Waals surface area contributed by atoms with Crippen LogP contribution < -0.4 is 0 Å². The Balaban J connectivity index is 3.26. The summed E-state index contributed by atoms with van der Waals surface area (Å²) in [6.45, 7) is 1.56. The van der Waals surface area contributed by atoms with E-state index in [-0.39, 0.29) is 11.5 Å². The summed E-state index contributed by atoms with van der Waals surface area (Å²) in [7, 11) is 0. The second-order valence-corrected chi connectivity index (χ2v) is 2.28. The molecule has 1 heterocycles. The molecule has 7 heteroatoms. The number of rotatable bonds is 2. The van der Waals surface area contributed by atoms with Crippen LogP contribution in [-0.4, -0.2) is 9.91 Å². The van der Waals surface area contributed by atoms with E-state index in [1.54, 1.807) is 6.92 Å². The Hall–Kier alpha value is -2.14. The van der Waals surface area contributed by atoms with Gasteiger partial charge in [0.25, 0.3) is 5.69 Å². The molecule has 0 spiro atoms. The maximum Gasteiger partial charge on any atom is 0.275 e. The monoisotopic (exact) mass is 179 g/mol. The molecule has 0 aliphatic rings. The Morgan fingerprint density at radius 1 is 1.77 bits per heavy atom. The number of aryl methyl sites for hydroxylation is 1. The molecule has 7 nitrogen and oxygen atoms in total. The molecule has 0 radical (unpaired) electrons. The Morgan fingerprint density at radius 2 is 2.46 bits per heavy atom. The zero-order chi connectivity index (χ0) is 9.84. The molecule has 66 valence electrons. The fraction of sp³-hybridized carbons (Fsp3) is 0.167. The molecule has 0 fully saturated rings. The van der Waals surface area contributed by atoms with Gasteiger partial charge in [-0.1, -0.05) is 0 Å². The number of hydrogen-bond acceptors (Lipinski definition) is 4. The maximum absolute atomic E-state index is 10.4. The van der Waals surface area contributed by atoms with Crippen LogP contribution in [0.2, 0.25) is 0 Å². The normalized spacial score (nSPS) is 9.00. The van der Waals surface area contributed by atoms with E-state index in [1.807, 2.05) is 0 Å². The molecular weight excluding hydrogens is 174 g/mol. The zero-order valence-electron chi connectivity index (χ0n) is 6.71. The van der Waals surface area contributed by atoms with Crippen molar-refractivity contribution in [2.45, 2.75) is 6.92 Å². The van der Waals surface area contributed by atoms with Gasteiger partial charge in [0.2, 0.25) is 0 Å². The first kappa shape index (κ1) is 8.95. The van der Waals surface area contributed by atoms with Crippen LogP contribution in [0.4, 0.5) is 11.5 Å². The molecule has 1 aromatic heterocycles. The largest absolute Gasteiger partial charge is 0.275 e. The van der Waals surface area contributed by atoms with Crippen LogP contribution >= 0.6 is 0 Å². The van der Waals surface area contributed by atoms with Crippen LogP contribution in [0.25, 0.3) is 10.4 Å². The molecule has 0 saturated heterocycles. The van der Waals surface area contributed by atoms with Gasteiger partial charge in [0.1, 0.15) is 5.82 Å². The van der Waals surface area contributed by atoms with Crippen LogP contribution in [0.15, 0.2) is 17.4 Å². The Morgan fingerprint density at radius 3 is 3.00 bits per heavy atom. The molecule has 0 unspecified atom stereocenters. The Bertz CT molecular complexity index is 396. The fourth-order valence-corrected chi connectivity index (χ4v) is 0.800. The third-order valence-corrected chi connectivity index (χ3v) is 1.40. The third kappa shape index (κ3) is 1.91. The van der Waals surface area contributed by atoms with E-state index >= 15 is 0 Å². The lowest BCUT2D eigenvalue weighted by atomic mass is 10.2. The average molecular weight is 179 g/mol. The van der Waals surface area contributed by atoms with Crippen molar-refractivity contribution < 1.29 is 4.92 Å². The van der Waals surface area contributed by atoms with Gasteiger partial charge in [-0.15, -0.1) is 0 Å². The number of nitrogens with zero attached hydrogens (tertiary/aromatic N) is 5. The molecule has 0 aromatic carbocycles. The molecule has 0 N–H and O–H groups in total. The molecule has 0 aliphatic heterocycles. The van der Waals surface area contributed by atoms with Crippen molar-refractivity contribution in [3.05, 3.63) is 38.4 Å². The summed E-state index contributed by atoms with van der Waals surface area (Å²) in [5.41, 5.74) is 8.40. The number of pyridine rings is 1. The lowest BCUT2D eigenvalue weighted by Gasteiger charge is -1.95. The van der Waals surface area contributed by atoms with E-state index in [0.29, 0.717) is 5.56 Å². The SMILES string of the molecule is Cc1cnc(N=[N+]=[N-])cc1[N+](=O)[O-].